The zero-order chi connectivity index (χ0) is 67.0. The van der Waals surface area contributed by atoms with Crippen LogP contribution in [0.2, 0.25) is 0 Å². The smallest absolute Gasteiger partial charge is 0.387 e. The van der Waals surface area contributed by atoms with Gasteiger partial charge in [0.15, 0.2) is 11.2 Å². The molecule has 10 rings (SSSR count). The van der Waals surface area contributed by atoms with Crippen molar-refractivity contribution in [2.45, 2.75) is 90.4 Å². The molecule has 0 bridgehead atoms. The number of benzene rings is 4. The number of alkyl halides is 2. The summed E-state index contributed by atoms with van der Waals surface area (Å²) in [7, 11) is 0. The number of amides is 3. The van der Waals surface area contributed by atoms with Crippen LogP contribution in [-0.2, 0) is 66.2 Å². The van der Waals surface area contributed by atoms with E-state index in [2.05, 4.69) is 51.2 Å². The van der Waals surface area contributed by atoms with E-state index in [1.807, 2.05) is 65.4 Å². The van der Waals surface area contributed by atoms with Crippen molar-refractivity contribution >= 4 is 63.2 Å². The number of fused-ring (bicyclic) bond motifs is 2. The van der Waals surface area contributed by atoms with Crippen LogP contribution >= 0.6 is 0 Å². The zero-order valence-corrected chi connectivity index (χ0v) is 52.4. The number of pyridine rings is 1. The van der Waals surface area contributed by atoms with Crippen molar-refractivity contribution in [3.8, 4) is 34.4 Å². The minimum absolute atomic E-state index is 0.0650. The van der Waals surface area contributed by atoms with E-state index in [0.29, 0.717) is 105 Å². The molecular formula is C66H73F2N15O13. The number of carbonyl (C=O) groups is 4. The summed E-state index contributed by atoms with van der Waals surface area (Å²) >= 11 is 0. The summed E-state index contributed by atoms with van der Waals surface area (Å²) in [5.74, 6) is -1.04. The van der Waals surface area contributed by atoms with E-state index < -0.39 is 30.4 Å². The van der Waals surface area contributed by atoms with Crippen LogP contribution in [-0.4, -0.2) is 162 Å². The number of nitrogens with two attached hydrogens (primary N) is 1. The second-order valence-corrected chi connectivity index (χ2v) is 22.0. The Hall–Kier alpha value is -10.6. The van der Waals surface area contributed by atoms with Gasteiger partial charge in [0, 0.05) is 78.9 Å². The van der Waals surface area contributed by atoms with Gasteiger partial charge in [0.1, 0.15) is 35.7 Å². The number of nitrogens with one attached hydrogen (secondary N) is 3. The Bertz CT molecular complexity index is 4050. The second kappa shape index (κ2) is 34.6. The van der Waals surface area contributed by atoms with Crippen LogP contribution in [0.1, 0.15) is 78.1 Å². The maximum absolute atomic E-state index is 13.5. The summed E-state index contributed by atoms with van der Waals surface area (Å²) in [5.41, 5.74) is 12.3. The number of aromatic nitrogens is 10. The van der Waals surface area contributed by atoms with Crippen LogP contribution in [0.25, 0.3) is 33.3 Å². The number of hydrogen-bond acceptors (Lipinski definition) is 22. The van der Waals surface area contributed by atoms with Gasteiger partial charge in [-0.2, -0.15) is 18.7 Å². The van der Waals surface area contributed by atoms with E-state index in [-0.39, 0.29) is 99.1 Å². The first-order chi connectivity index (χ1) is 46.8. The number of carboxylic acids is 1. The van der Waals surface area contributed by atoms with Crippen molar-refractivity contribution < 1.29 is 71.3 Å². The molecule has 0 aliphatic carbocycles. The Morgan fingerprint density at radius 1 is 0.750 bits per heavy atom. The van der Waals surface area contributed by atoms with E-state index in [4.69, 9.17) is 43.9 Å². The highest BCUT2D eigenvalue weighted by molar-refractivity contribution is 5.97. The molecule has 3 amide bonds. The third kappa shape index (κ3) is 20.0. The molecule has 1 aliphatic heterocycles. The summed E-state index contributed by atoms with van der Waals surface area (Å²) in [4.78, 5) is 77.0. The van der Waals surface area contributed by atoms with Gasteiger partial charge in [-0.1, -0.05) is 35.5 Å². The van der Waals surface area contributed by atoms with Gasteiger partial charge in [-0.25, -0.2) is 24.7 Å². The fourth-order valence-electron chi connectivity index (χ4n) is 10.3. The lowest BCUT2D eigenvalue weighted by molar-refractivity contribution is -0.139. The van der Waals surface area contributed by atoms with Gasteiger partial charge in [-0.3, -0.25) is 19.1 Å². The first-order valence-electron chi connectivity index (χ1n) is 31.2. The van der Waals surface area contributed by atoms with Gasteiger partial charge < -0.3 is 74.5 Å². The minimum Gasteiger partial charge on any atom is -0.492 e. The van der Waals surface area contributed by atoms with Crippen molar-refractivity contribution in [3.05, 3.63) is 150 Å². The first kappa shape index (κ1) is 68.3. The molecule has 1 saturated heterocycles. The highest BCUT2D eigenvalue weighted by atomic mass is 19.3. The van der Waals surface area contributed by atoms with Crippen LogP contribution in [0.4, 0.5) is 26.1 Å². The number of hydrogen-bond donors (Lipinski definition) is 6. The Labute approximate surface area is 549 Å². The molecular weight excluding hydrogens is 1250 g/mol. The van der Waals surface area contributed by atoms with Crippen LogP contribution < -0.4 is 40.8 Å². The van der Waals surface area contributed by atoms with Crippen LogP contribution in [0.3, 0.4) is 0 Å². The molecule has 0 unspecified atom stereocenters. The maximum atomic E-state index is 13.5. The Morgan fingerprint density at radius 2 is 1.54 bits per heavy atom. The monoisotopic (exact) mass is 1320 g/mol. The second-order valence-electron chi connectivity index (χ2n) is 22.0. The van der Waals surface area contributed by atoms with E-state index in [9.17, 15) is 38.2 Å². The van der Waals surface area contributed by atoms with Gasteiger partial charge in [0.25, 0.3) is 5.91 Å². The molecule has 1 aliphatic rings. The number of halogens is 2. The molecule has 0 saturated carbocycles. The van der Waals surface area contributed by atoms with Gasteiger partial charge in [0.05, 0.1) is 102 Å². The molecule has 1 atom stereocenters. The predicted molar refractivity (Wildman–Crippen MR) is 345 cm³/mol. The standard InChI is InChI=1S/C66H73F2N15O13/c67-65(68)96-55-11-3-2-8-46(55)39-83-54-34-44(15-19-52(54)75-56(83)42-95-51-10-6-9-50(35-51)82-25-7-12-59(82)85)45-16-22-58(72-36-45)94-26-5-1-4-24-81-40-49(79-80-81)41-93-33-32-92-31-30-91-29-28-90-27-23-70-57(84)21-20-53(64(88)89)76-62(86)43-13-17-47(18-14-43)71-37-48-38-73-61-60(74-48)63(87)78-66(69)77-61/h2-3,6,8-11,13-19,22,34-36,38,40,53,65,71H,1,4-5,7,12,20-21,23-33,37,39,41-42H2,(H,70,84)(H,76,86)(H,88,89)(H3,69,73,77,78,87)/t53-/m0/s1. The molecule has 1 fully saturated rings. The minimum atomic E-state index is -2.99. The summed E-state index contributed by atoms with van der Waals surface area (Å²) in [6.45, 7) is 2.03. The normalized spacial score (nSPS) is 12.6. The number of nitrogens with zero attached hydrogens (tertiary/aromatic N) is 11. The van der Waals surface area contributed by atoms with Crippen LogP contribution in [0.15, 0.2) is 122 Å². The molecule has 96 heavy (non-hydrogen) atoms. The molecule has 6 heterocycles. The Balaban J connectivity index is 0.543. The number of para-hydroxylation sites is 1. The van der Waals surface area contributed by atoms with Crippen molar-refractivity contribution in [2.24, 2.45) is 0 Å². The predicted octanol–water partition coefficient (Wildman–Crippen LogP) is 7.27. The lowest BCUT2D eigenvalue weighted by Gasteiger charge is -2.17. The highest BCUT2D eigenvalue weighted by Gasteiger charge is 2.24. The lowest BCUT2D eigenvalue weighted by atomic mass is 10.1. The van der Waals surface area contributed by atoms with E-state index in [1.165, 1.54) is 24.4 Å². The molecule has 9 aromatic rings. The molecule has 0 spiro atoms. The Morgan fingerprint density at radius 3 is 2.31 bits per heavy atom. The zero-order valence-electron chi connectivity index (χ0n) is 52.4. The maximum Gasteiger partial charge on any atom is 0.387 e. The average Bonchev–Trinajstić information content (AvgIpc) is 1.62. The topological polar surface area (TPSA) is 352 Å². The number of anilines is 3. The SMILES string of the molecule is Nc1nc(O)c2nc(CNc3ccc(C(=O)N[C@@H](CCC(=O)NCCOCCOCCOCCOCc4cn(CCCCCOc5ccc(-c6ccc7nc(COc8cccc(N9CCCC9=O)c8)n(Cc8ccccc8OC(F)F)c7c6)cn5)nn4)C(=O)O)cc3)cnc2n1. The summed E-state index contributed by atoms with van der Waals surface area (Å²) in [6.07, 6.45) is 8.70. The van der Waals surface area contributed by atoms with Crippen LogP contribution in [0, 0.1) is 0 Å². The quantitative estimate of drug-likeness (QED) is 0.0206. The van der Waals surface area contributed by atoms with E-state index in [1.54, 1.807) is 46.1 Å². The van der Waals surface area contributed by atoms with Crippen molar-refractivity contribution in [1.29, 1.82) is 0 Å². The average molecular weight is 1320 g/mol. The molecule has 0 radical (unpaired) electrons. The van der Waals surface area contributed by atoms with E-state index >= 15 is 0 Å². The largest absolute Gasteiger partial charge is 0.492 e. The molecule has 28 nitrogen and oxygen atoms in total. The van der Waals surface area contributed by atoms with Gasteiger partial charge in [-0.05, 0) is 98.3 Å². The number of carbonyl (C=O) groups excluding carboxylic acids is 3. The number of aryl methyl sites for hydroxylation is 1. The number of nitrogen functional groups attached to an aromatic ring is 1. The number of imidazole rings is 1. The number of rotatable bonds is 39. The molecule has 5 aromatic heterocycles. The van der Waals surface area contributed by atoms with Crippen molar-refractivity contribution in [3.63, 3.8) is 0 Å². The number of carboxylic acid groups (broad SMARTS) is 1. The summed E-state index contributed by atoms with van der Waals surface area (Å²) < 4.78 is 70.2. The third-order valence-corrected chi connectivity index (χ3v) is 15.1. The number of aromatic hydroxyl groups is 1. The highest BCUT2D eigenvalue weighted by Crippen LogP contribution is 2.31. The third-order valence-electron chi connectivity index (χ3n) is 15.1. The molecule has 30 heteroatoms. The summed E-state index contributed by atoms with van der Waals surface area (Å²) in [5, 5.41) is 36.5. The lowest BCUT2D eigenvalue weighted by Crippen LogP contribution is -2.41. The Kier molecular flexibility index (Phi) is 24.6. The first-order valence-corrected chi connectivity index (χ1v) is 31.2. The van der Waals surface area contributed by atoms with Gasteiger partial charge in [-0.15, -0.1) is 5.10 Å². The number of ether oxygens (including phenoxy) is 7. The summed E-state index contributed by atoms with van der Waals surface area (Å²) in [6, 6.07) is 28.7. The van der Waals surface area contributed by atoms with Gasteiger partial charge in [0.2, 0.25) is 29.5 Å². The van der Waals surface area contributed by atoms with E-state index in [0.717, 1.165) is 48.0 Å². The van der Waals surface area contributed by atoms with Crippen molar-refractivity contribution in [1.82, 2.24) is 60.1 Å². The molecule has 7 N–H and O–H groups in total. The van der Waals surface area contributed by atoms with Gasteiger partial charge >= 0.3 is 12.6 Å². The fourth-order valence-corrected chi connectivity index (χ4v) is 10.3. The molecule has 4 aromatic carbocycles. The van der Waals surface area contributed by atoms with Crippen LogP contribution in [0.5, 0.6) is 23.3 Å². The fraction of sp³-hybridized carbons (Fsp3) is 0.364. The van der Waals surface area contributed by atoms with Crippen molar-refractivity contribution in [2.75, 3.05) is 81.9 Å². The number of unbranched alkanes of at least 4 members (excludes halogenated alkanes) is 2. The number of aliphatic carboxylic acids is 1. The molecule has 504 valence electrons.